The Balaban J connectivity index is 1.73. The molecule has 1 fully saturated rings. The number of fused-ring (bicyclic) bond motifs is 2. The van der Waals surface area contributed by atoms with Crippen LogP contribution in [-0.4, -0.2) is 21.3 Å². The highest BCUT2D eigenvalue weighted by Crippen LogP contribution is 2.20. The summed E-state index contributed by atoms with van der Waals surface area (Å²) in [6.07, 6.45) is 7.36. The third kappa shape index (κ3) is 3.10. The lowest BCUT2D eigenvalue weighted by Gasteiger charge is -2.14. The van der Waals surface area contributed by atoms with Crippen molar-refractivity contribution < 1.29 is 13.8 Å². The lowest BCUT2D eigenvalue weighted by molar-refractivity contribution is -0.651. The molecule has 0 spiro atoms. The Morgan fingerprint density at radius 3 is 2.87 bits per heavy atom. The van der Waals surface area contributed by atoms with E-state index in [1.54, 1.807) is 41.3 Å². The Morgan fingerprint density at radius 1 is 1.27 bits per heavy atom. The number of pyridine rings is 2. The summed E-state index contributed by atoms with van der Waals surface area (Å²) in [7, 11) is 0. The number of nitrogens with two attached hydrogens (primary N) is 1. The average molecular weight is 404 g/mol. The summed E-state index contributed by atoms with van der Waals surface area (Å²) in [5, 5.41) is 3.39. The second-order valence-electron chi connectivity index (χ2n) is 7.65. The molecule has 4 aromatic heterocycles. The Hall–Kier alpha value is -3.68. The number of rotatable bonds is 4. The number of nitrogens with zero attached hydrogens (tertiary/aromatic N) is 3. The van der Waals surface area contributed by atoms with Gasteiger partial charge in [-0.15, -0.1) is 0 Å². The molecule has 0 atom stereocenters. The maximum absolute atomic E-state index is 13.2. The molecule has 30 heavy (non-hydrogen) atoms. The van der Waals surface area contributed by atoms with Crippen molar-refractivity contribution in [2.75, 3.05) is 5.73 Å². The molecule has 0 saturated heterocycles. The molecule has 0 radical (unpaired) electrons. The molecule has 1 aliphatic rings. The van der Waals surface area contributed by atoms with Crippen molar-refractivity contribution in [3.05, 3.63) is 70.5 Å². The molecule has 152 valence electrons. The van der Waals surface area contributed by atoms with E-state index in [1.165, 1.54) is 4.40 Å². The van der Waals surface area contributed by atoms with Crippen LogP contribution in [0.4, 0.5) is 5.82 Å². The highest BCUT2D eigenvalue weighted by molar-refractivity contribution is 6.00. The summed E-state index contributed by atoms with van der Waals surface area (Å²) < 4.78 is 8.62. The van der Waals surface area contributed by atoms with Crippen molar-refractivity contribution in [2.24, 2.45) is 0 Å². The van der Waals surface area contributed by atoms with Crippen LogP contribution >= 0.6 is 0 Å². The maximum atomic E-state index is 13.2. The lowest BCUT2D eigenvalue weighted by atomic mass is 10.1. The Morgan fingerprint density at radius 2 is 2.10 bits per heavy atom. The van der Waals surface area contributed by atoms with E-state index in [-0.39, 0.29) is 35.4 Å². The molecule has 3 N–H and O–H groups in total. The van der Waals surface area contributed by atoms with Crippen LogP contribution in [0.25, 0.3) is 16.7 Å². The molecule has 4 heterocycles. The Bertz CT molecular complexity index is 1300. The number of nitrogens with one attached hydrogen (secondary N) is 1. The number of aromatic nitrogens is 3. The number of carbonyl (C=O) groups excluding carboxylic acids is 1. The SMILES string of the molecule is Nc1c(C(=O)NC2CCCC2)cc2c(=O)n3ccccc3nc2[n+]1Cc1ccco1. The second-order valence-corrected chi connectivity index (χ2v) is 7.65. The van der Waals surface area contributed by atoms with Crippen molar-refractivity contribution in [3.8, 4) is 0 Å². The first-order valence-electron chi connectivity index (χ1n) is 10.1. The third-order valence-electron chi connectivity index (χ3n) is 5.69. The Kier molecular flexibility index (Phi) is 4.46. The molecule has 0 aliphatic heterocycles. The smallest absolute Gasteiger partial charge is 0.278 e. The van der Waals surface area contributed by atoms with Gasteiger partial charge in [-0.05, 0) is 43.2 Å². The van der Waals surface area contributed by atoms with Crippen molar-refractivity contribution in [1.29, 1.82) is 0 Å². The predicted molar refractivity (Wildman–Crippen MR) is 111 cm³/mol. The zero-order valence-corrected chi connectivity index (χ0v) is 16.4. The molecular formula is C22H22N5O3+. The van der Waals surface area contributed by atoms with Crippen LogP contribution in [0.1, 0.15) is 41.8 Å². The summed E-state index contributed by atoms with van der Waals surface area (Å²) >= 11 is 0. The summed E-state index contributed by atoms with van der Waals surface area (Å²) in [6.45, 7) is 0.259. The molecule has 0 bridgehead atoms. The maximum Gasteiger partial charge on any atom is 0.278 e. The van der Waals surface area contributed by atoms with Crippen LogP contribution in [0.15, 0.2) is 58.1 Å². The molecule has 8 heteroatoms. The van der Waals surface area contributed by atoms with Crippen LogP contribution < -0.4 is 21.2 Å². The molecule has 4 aromatic rings. The first kappa shape index (κ1) is 18.4. The predicted octanol–water partition coefficient (Wildman–Crippen LogP) is 2.03. The monoisotopic (exact) mass is 404 g/mol. The fraction of sp³-hybridized carbons (Fsp3) is 0.273. The topological polar surface area (TPSA) is 107 Å². The average Bonchev–Trinajstić information content (AvgIpc) is 3.44. The molecule has 5 rings (SSSR count). The van der Waals surface area contributed by atoms with Gasteiger partial charge in [-0.3, -0.25) is 14.0 Å². The van der Waals surface area contributed by atoms with E-state index in [4.69, 9.17) is 10.2 Å². The first-order chi connectivity index (χ1) is 14.6. The van der Waals surface area contributed by atoms with E-state index in [9.17, 15) is 9.59 Å². The van der Waals surface area contributed by atoms with Crippen molar-refractivity contribution in [3.63, 3.8) is 0 Å². The van der Waals surface area contributed by atoms with Gasteiger partial charge in [0.2, 0.25) is 11.5 Å². The van der Waals surface area contributed by atoms with E-state index < -0.39 is 0 Å². The van der Waals surface area contributed by atoms with Gasteiger partial charge in [-0.1, -0.05) is 23.9 Å². The van der Waals surface area contributed by atoms with Gasteiger partial charge in [-0.2, -0.15) is 0 Å². The number of furan rings is 1. The van der Waals surface area contributed by atoms with Gasteiger partial charge in [0.1, 0.15) is 23.3 Å². The number of carbonyl (C=O) groups is 1. The minimum Gasteiger partial charge on any atom is -0.466 e. The van der Waals surface area contributed by atoms with Gasteiger partial charge < -0.3 is 15.5 Å². The second kappa shape index (κ2) is 7.29. The van der Waals surface area contributed by atoms with Gasteiger partial charge in [0.15, 0.2) is 0 Å². The van der Waals surface area contributed by atoms with Crippen molar-refractivity contribution in [2.45, 2.75) is 38.3 Å². The minimum absolute atomic E-state index is 0.141. The summed E-state index contributed by atoms with van der Waals surface area (Å²) in [5.41, 5.74) is 7.39. The molecule has 1 aliphatic carbocycles. The molecule has 1 amide bonds. The van der Waals surface area contributed by atoms with Crippen LogP contribution in [-0.2, 0) is 6.54 Å². The van der Waals surface area contributed by atoms with Crippen LogP contribution in [0, 0.1) is 0 Å². The summed E-state index contributed by atoms with van der Waals surface area (Å²) in [4.78, 5) is 30.9. The van der Waals surface area contributed by atoms with Gasteiger partial charge in [0.25, 0.3) is 17.1 Å². The van der Waals surface area contributed by atoms with Gasteiger partial charge in [0, 0.05) is 12.2 Å². The normalized spacial score (nSPS) is 14.5. The first-order valence-corrected chi connectivity index (χ1v) is 10.1. The van der Waals surface area contributed by atoms with Crippen LogP contribution in [0.5, 0.6) is 0 Å². The standard InChI is InChI=1S/C22H21N5O3/c23-19-16(21(28)24-14-6-1-2-7-14)12-17-20(27(19)13-15-8-5-11-30-15)25-18-9-3-4-10-26(18)22(17)29/h3-5,8-12,14,23H,1-2,6-7,13H2,(H,24,28)/p+1. The molecular weight excluding hydrogens is 382 g/mol. The lowest BCUT2D eigenvalue weighted by Crippen LogP contribution is -2.44. The zero-order valence-electron chi connectivity index (χ0n) is 16.4. The highest BCUT2D eigenvalue weighted by Gasteiger charge is 2.27. The minimum atomic E-state index is -0.271. The number of amides is 1. The van der Waals surface area contributed by atoms with E-state index in [0.29, 0.717) is 22.4 Å². The Labute approximate surface area is 172 Å². The van der Waals surface area contributed by atoms with Gasteiger partial charge in [0.05, 0.1) is 6.26 Å². The molecule has 0 aromatic carbocycles. The third-order valence-corrected chi connectivity index (χ3v) is 5.69. The number of nitrogen functional groups attached to an aromatic ring is 1. The summed E-state index contributed by atoms with van der Waals surface area (Å²) in [5.74, 6) is 0.630. The number of hydrogen-bond acceptors (Lipinski definition) is 5. The van der Waals surface area contributed by atoms with Gasteiger partial charge >= 0.3 is 0 Å². The fourth-order valence-electron chi connectivity index (χ4n) is 4.13. The number of hydrogen-bond donors (Lipinski definition) is 2. The van der Waals surface area contributed by atoms with E-state index in [1.807, 2.05) is 12.1 Å². The summed E-state index contributed by atoms with van der Waals surface area (Å²) in [6, 6.07) is 10.6. The zero-order chi connectivity index (χ0) is 20.7. The van der Waals surface area contributed by atoms with E-state index >= 15 is 0 Å². The van der Waals surface area contributed by atoms with Crippen molar-refractivity contribution in [1.82, 2.24) is 14.7 Å². The van der Waals surface area contributed by atoms with Crippen LogP contribution in [0.3, 0.4) is 0 Å². The fourth-order valence-corrected chi connectivity index (χ4v) is 4.13. The quantitative estimate of drug-likeness (QED) is 0.400. The molecule has 0 unspecified atom stereocenters. The highest BCUT2D eigenvalue weighted by atomic mass is 16.3. The molecule has 1 saturated carbocycles. The van der Waals surface area contributed by atoms with Gasteiger partial charge in [-0.25, -0.2) is 4.57 Å². The van der Waals surface area contributed by atoms with E-state index in [0.717, 1.165) is 25.7 Å². The molecule has 8 nitrogen and oxygen atoms in total. The van der Waals surface area contributed by atoms with Crippen LogP contribution in [0.2, 0.25) is 0 Å². The largest absolute Gasteiger partial charge is 0.466 e. The van der Waals surface area contributed by atoms with E-state index in [2.05, 4.69) is 10.3 Å². The van der Waals surface area contributed by atoms with Crippen molar-refractivity contribution >= 4 is 28.4 Å². The number of anilines is 1.